The lowest BCUT2D eigenvalue weighted by Gasteiger charge is -2.45. The summed E-state index contributed by atoms with van der Waals surface area (Å²) in [5.41, 5.74) is 0.951. The quantitative estimate of drug-likeness (QED) is 0.808. The van der Waals surface area contributed by atoms with E-state index in [2.05, 4.69) is 26.1 Å². The second-order valence-corrected chi connectivity index (χ2v) is 7.99. The van der Waals surface area contributed by atoms with Gasteiger partial charge in [0, 0.05) is 18.7 Å². The summed E-state index contributed by atoms with van der Waals surface area (Å²) < 4.78 is 0. The highest BCUT2D eigenvalue weighted by atomic mass is 16.3. The molecule has 3 aliphatic carbocycles. The molecular formula is C16H29NO. The first-order valence-electron chi connectivity index (χ1n) is 7.84. The number of hydrogen-bond donors (Lipinski definition) is 2. The smallest absolute Gasteiger partial charge is 0.0474 e. The summed E-state index contributed by atoms with van der Waals surface area (Å²) in [6.45, 7) is 7.78. The van der Waals surface area contributed by atoms with Gasteiger partial charge in [0.05, 0.1) is 0 Å². The van der Waals surface area contributed by atoms with Crippen LogP contribution in [0.5, 0.6) is 0 Å². The fourth-order valence-corrected chi connectivity index (χ4v) is 5.41. The van der Waals surface area contributed by atoms with Crippen LogP contribution in [0, 0.1) is 22.7 Å². The number of fused-ring (bicyclic) bond motifs is 2. The van der Waals surface area contributed by atoms with Crippen LogP contribution in [0.1, 0.15) is 59.3 Å². The molecule has 0 spiro atoms. The highest BCUT2D eigenvalue weighted by molar-refractivity contribution is 5.13. The molecule has 2 bridgehead atoms. The molecule has 0 aromatic heterocycles. The second-order valence-electron chi connectivity index (χ2n) is 7.99. The maximum absolute atomic E-state index is 9.50. The van der Waals surface area contributed by atoms with Gasteiger partial charge in [0.15, 0.2) is 0 Å². The second kappa shape index (κ2) is 4.21. The third-order valence-corrected chi connectivity index (χ3v) is 6.54. The molecule has 2 nitrogen and oxygen atoms in total. The Morgan fingerprint density at radius 2 is 1.94 bits per heavy atom. The number of hydrogen-bond acceptors (Lipinski definition) is 2. The third kappa shape index (κ3) is 1.76. The summed E-state index contributed by atoms with van der Waals surface area (Å²) in [6, 6.07) is 1.22. The highest BCUT2D eigenvalue weighted by Crippen LogP contribution is 2.62. The van der Waals surface area contributed by atoms with Gasteiger partial charge in [-0.15, -0.1) is 0 Å². The molecule has 5 atom stereocenters. The Hall–Kier alpha value is -0.0800. The van der Waals surface area contributed by atoms with Crippen LogP contribution in [-0.4, -0.2) is 23.8 Å². The van der Waals surface area contributed by atoms with Gasteiger partial charge in [-0.2, -0.15) is 0 Å². The van der Waals surface area contributed by atoms with E-state index in [0.717, 1.165) is 5.92 Å². The Morgan fingerprint density at radius 1 is 1.17 bits per heavy atom. The first-order valence-corrected chi connectivity index (χ1v) is 7.84. The lowest BCUT2D eigenvalue weighted by atomic mass is 9.68. The van der Waals surface area contributed by atoms with Crippen LogP contribution in [-0.2, 0) is 0 Å². The van der Waals surface area contributed by atoms with E-state index in [1.165, 1.54) is 38.5 Å². The van der Waals surface area contributed by atoms with Gasteiger partial charge in [-0.3, -0.25) is 0 Å². The van der Waals surface area contributed by atoms with Crippen LogP contribution in [0.2, 0.25) is 0 Å². The van der Waals surface area contributed by atoms with Gasteiger partial charge in [0.25, 0.3) is 0 Å². The summed E-state index contributed by atoms with van der Waals surface area (Å²) in [6.07, 6.45) is 8.00. The van der Waals surface area contributed by atoms with E-state index in [9.17, 15) is 5.11 Å². The molecule has 3 rings (SSSR count). The van der Waals surface area contributed by atoms with Crippen molar-refractivity contribution in [2.45, 2.75) is 71.4 Å². The largest absolute Gasteiger partial charge is 0.396 e. The van der Waals surface area contributed by atoms with Gasteiger partial charge in [-0.25, -0.2) is 0 Å². The van der Waals surface area contributed by atoms with Crippen LogP contribution in [0.15, 0.2) is 0 Å². The number of rotatable bonds is 3. The molecule has 0 amide bonds. The average Bonchev–Trinajstić information content (AvgIpc) is 2.95. The first-order chi connectivity index (χ1) is 8.47. The fourth-order valence-electron chi connectivity index (χ4n) is 5.41. The van der Waals surface area contributed by atoms with E-state index in [4.69, 9.17) is 0 Å². The monoisotopic (exact) mass is 251 g/mol. The Kier molecular flexibility index (Phi) is 3.02. The van der Waals surface area contributed by atoms with E-state index in [-0.39, 0.29) is 0 Å². The molecular weight excluding hydrogens is 222 g/mol. The van der Waals surface area contributed by atoms with E-state index in [0.29, 0.717) is 35.4 Å². The predicted molar refractivity (Wildman–Crippen MR) is 74.4 cm³/mol. The van der Waals surface area contributed by atoms with Crippen LogP contribution in [0.3, 0.4) is 0 Å². The number of aliphatic hydroxyl groups is 1. The molecule has 0 aromatic rings. The lowest BCUT2D eigenvalue weighted by Crippen LogP contribution is -2.54. The van der Waals surface area contributed by atoms with E-state index in [1.54, 1.807) is 0 Å². The topological polar surface area (TPSA) is 32.3 Å². The van der Waals surface area contributed by atoms with Crippen molar-refractivity contribution in [1.29, 1.82) is 0 Å². The standard InChI is InChI=1S/C16H29NO/c1-15(2)12-7-8-16(3,9-12)14(15)17-13-6-4-5-11(13)10-18/h11-14,17-18H,4-10H2,1-3H3/t11?,12-,13?,14?,16+/m0/s1. The normalized spacial score (nSPS) is 50.0. The SMILES string of the molecule is CC1(C)C(NC2CCCC2CO)[C@]2(C)CC[C@H]1C2. The zero-order valence-electron chi connectivity index (χ0n) is 12.2. The summed E-state index contributed by atoms with van der Waals surface area (Å²) in [4.78, 5) is 0. The van der Waals surface area contributed by atoms with Gasteiger partial charge >= 0.3 is 0 Å². The van der Waals surface area contributed by atoms with Crippen molar-refractivity contribution < 1.29 is 5.11 Å². The molecule has 0 heterocycles. The Bertz CT molecular complexity index is 322. The van der Waals surface area contributed by atoms with Gasteiger partial charge in [0.1, 0.15) is 0 Å². The van der Waals surface area contributed by atoms with Crippen LogP contribution >= 0.6 is 0 Å². The molecule has 2 heteroatoms. The molecule has 3 unspecified atom stereocenters. The zero-order valence-corrected chi connectivity index (χ0v) is 12.2. The third-order valence-electron chi connectivity index (χ3n) is 6.54. The lowest BCUT2D eigenvalue weighted by molar-refractivity contribution is 0.0855. The van der Waals surface area contributed by atoms with E-state index >= 15 is 0 Å². The molecule has 0 aliphatic heterocycles. The van der Waals surface area contributed by atoms with Crippen molar-refractivity contribution in [1.82, 2.24) is 5.32 Å². The molecule has 0 saturated heterocycles. The Labute approximate surface area is 112 Å². The molecule has 104 valence electrons. The van der Waals surface area contributed by atoms with Crippen molar-refractivity contribution in [3.8, 4) is 0 Å². The van der Waals surface area contributed by atoms with Crippen molar-refractivity contribution in [2.75, 3.05) is 6.61 Å². The summed E-state index contributed by atoms with van der Waals surface area (Å²) in [7, 11) is 0. The zero-order chi connectivity index (χ0) is 13.0. The number of nitrogens with one attached hydrogen (secondary N) is 1. The van der Waals surface area contributed by atoms with Gasteiger partial charge in [-0.05, 0) is 54.8 Å². The maximum atomic E-state index is 9.50. The molecule has 3 saturated carbocycles. The van der Waals surface area contributed by atoms with Crippen molar-refractivity contribution in [3.63, 3.8) is 0 Å². The minimum atomic E-state index is 0.366. The van der Waals surface area contributed by atoms with Crippen LogP contribution < -0.4 is 5.32 Å². The van der Waals surface area contributed by atoms with Crippen molar-refractivity contribution in [2.24, 2.45) is 22.7 Å². The van der Waals surface area contributed by atoms with E-state index in [1.807, 2.05) is 0 Å². The first kappa shape index (κ1) is 12.9. The van der Waals surface area contributed by atoms with Gasteiger partial charge in [0.2, 0.25) is 0 Å². The Balaban J connectivity index is 1.76. The van der Waals surface area contributed by atoms with Gasteiger partial charge < -0.3 is 10.4 Å². The van der Waals surface area contributed by atoms with E-state index < -0.39 is 0 Å². The van der Waals surface area contributed by atoms with Crippen LogP contribution in [0.4, 0.5) is 0 Å². The highest BCUT2D eigenvalue weighted by Gasteiger charge is 2.59. The summed E-state index contributed by atoms with van der Waals surface area (Å²) in [5, 5.41) is 13.5. The molecule has 3 aliphatic rings. The Morgan fingerprint density at radius 3 is 2.56 bits per heavy atom. The fraction of sp³-hybridized carbons (Fsp3) is 1.00. The minimum absolute atomic E-state index is 0.366. The maximum Gasteiger partial charge on any atom is 0.0474 e. The number of aliphatic hydroxyl groups excluding tert-OH is 1. The molecule has 0 radical (unpaired) electrons. The van der Waals surface area contributed by atoms with Gasteiger partial charge in [-0.1, -0.05) is 27.2 Å². The molecule has 3 fully saturated rings. The summed E-state index contributed by atoms with van der Waals surface area (Å²) >= 11 is 0. The average molecular weight is 251 g/mol. The predicted octanol–water partition coefficient (Wildman–Crippen LogP) is 2.95. The van der Waals surface area contributed by atoms with Crippen molar-refractivity contribution in [3.05, 3.63) is 0 Å². The summed E-state index contributed by atoms with van der Waals surface area (Å²) in [5.74, 6) is 1.41. The minimum Gasteiger partial charge on any atom is -0.396 e. The molecule has 0 aromatic carbocycles. The van der Waals surface area contributed by atoms with Crippen molar-refractivity contribution >= 4 is 0 Å². The molecule has 2 N–H and O–H groups in total. The van der Waals surface area contributed by atoms with Crippen LogP contribution in [0.25, 0.3) is 0 Å². The molecule has 18 heavy (non-hydrogen) atoms.